The van der Waals surface area contributed by atoms with Crippen molar-refractivity contribution < 1.29 is 9.18 Å². The highest BCUT2D eigenvalue weighted by atomic mass is 32.1. The van der Waals surface area contributed by atoms with E-state index in [0.29, 0.717) is 11.4 Å². The maximum Gasteiger partial charge on any atom is 0.227 e. The van der Waals surface area contributed by atoms with Gasteiger partial charge in [0.15, 0.2) is 5.13 Å². The zero-order chi connectivity index (χ0) is 24.9. The highest BCUT2D eigenvalue weighted by molar-refractivity contribution is 7.14. The lowest BCUT2D eigenvalue weighted by Crippen LogP contribution is -2.28. The Morgan fingerprint density at radius 3 is 2.78 bits per heavy atom. The van der Waals surface area contributed by atoms with Gasteiger partial charge in [0, 0.05) is 39.0 Å². The van der Waals surface area contributed by atoms with E-state index in [1.54, 1.807) is 18.5 Å². The summed E-state index contributed by atoms with van der Waals surface area (Å²) in [5.41, 5.74) is 7.14. The van der Waals surface area contributed by atoms with Crippen molar-refractivity contribution in [1.82, 2.24) is 25.1 Å². The standard InChI is InChI=1S/C28H21FN6OS/c29-25-10-9-24(37-25)18-5-2-6-21-19(18)12-23(32-21)27-26-22(34-35-27)8-7-20(33-26)16-11-17(14-30-13-16)31-28(36)15-3-1-4-15/h2,5-15,32H,1,3-4H2,(H,31,36)(H,34,35). The van der Waals surface area contributed by atoms with E-state index < -0.39 is 0 Å². The number of hydrogen-bond acceptors (Lipinski definition) is 5. The van der Waals surface area contributed by atoms with Crippen molar-refractivity contribution in [3.63, 3.8) is 0 Å². The summed E-state index contributed by atoms with van der Waals surface area (Å²) in [6, 6.07) is 17.0. The SMILES string of the molecule is O=C(Nc1cncc(-c2ccc3[nH]nc(-c4cc5c(-c6ccc(F)s6)cccc5[nH]4)c3n2)c1)C1CCC1. The number of halogens is 1. The van der Waals surface area contributed by atoms with E-state index >= 15 is 0 Å². The van der Waals surface area contributed by atoms with E-state index in [1.165, 1.54) is 6.07 Å². The number of nitrogens with zero attached hydrogens (tertiary/aromatic N) is 3. The number of fused-ring (bicyclic) bond motifs is 2. The second-order valence-electron chi connectivity index (χ2n) is 9.30. The molecule has 182 valence electrons. The predicted molar refractivity (Wildman–Crippen MR) is 144 cm³/mol. The Hall–Kier alpha value is -4.37. The summed E-state index contributed by atoms with van der Waals surface area (Å²) in [5, 5.41) is 11.4. The first-order valence-corrected chi connectivity index (χ1v) is 12.9. The van der Waals surface area contributed by atoms with E-state index in [-0.39, 0.29) is 17.0 Å². The number of carbonyl (C=O) groups is 1. The van der Waals surface area contributed by atoms with Crippen molar-refractivity contribution in [3.8, 4) is 33.1 Å². The lowest BCUT2D eigenvalue weighted by atomic mass is 9.85. The molecule has 1 saturated carbocycles. The van der Waals surface area contributed by atoms with Crippen LogP contribution in [0.5, 0.6) is 0 Å². The summed E-state index contributed by atoms with van der Waals surface area (Å²) in [6.07, 6.45) is 6.39. The summed E-state index contributed by atoms with van der Waals surface area (Å²) in [4.78, 5) is 25.9. The first kappa shape index (κ1) is 21.9. The number of pyridine rings is 2. The maximum atomic E-state index is 13.7. The van der Waals surface area contributed by atoms with Gasteiger partial charge in [-0.15, -0.1) is 11.3 Å². The molecule has 9 heteroatoms. The molecule has 1 amide bonds. The summed E-state index contributed by atoms with van der Waals surface area (Å²) in [6.45, 7) is 0. The third-order valence-corrected chi connectivity index (χ3v) is 7.85. The van der Waals surface area contributed by atoms with Crippen LogP contribution >= 0.6 is 11.3 Å². The monoisotopic (exact) mass is 508 g/mol. The highest BCUT2D eigenvalue weighted by Crippen LogP contribution is 2.36. The topological polar surface area (TPSA) is 99.4 Å². The second-order valence-corrected chi connectivity index (χ2v) is 10.3. The van der Waals surface area contributed by atoms with Gasteiger partial charge in [-0.2, -0.15) is 9.49 Å². The third kappa shape index (κ3) is 3.88. The molecular weight excluding hydrogens is 487 g/mol. The number of benzene rings is 1. The molecule has 0 aliphatic heterocycles. The molecule has 6 aromatic rings. The van der Waals surface area contributed by atoms with E-state index in [1.807, 2.05) is 42.5 Å². The fourth-order valence-electron chi connectivity index (χ4n) is 4.77. The van der Waals surface area contributed by atoms with Crippen LogP contribution in [-0.2, 0) is 4.79 Å². The van der Waals surface area contributed by atoms with Gasteiger partial charge in [-0.1, -0.05) is 18.6 Å². The van der Waals surface area contributed by atoms with Crippen LogP contribution in [0, 0.1) is 11.0 Å². The van der Waals surface area contributed by atoms with E-state index in [9.17, 15) is 9.18 Å². The predicted octanol–water partition coefficient (Wildman–Crippen LogP) is 6.77. The molecule has 7 nitrogen and oxygen atoms in total. The summed E-state index contributed by atoms with van der Waals surface area (Å²) in [5.74, 6) is 0.150. The van der Waals surface area contributed by atoms with Gasteiger partial charge >= 0.3 is 0 Å². The molecule has 0 saturated heterocycles. The van der Waals surface area contributed by atoms with Gasteiger partial charge in [0.1, 0.15) is 11.2 Å². The maximum absolute atomic E-state index is 13.7. The number of aromatic amines is 2. The van der Waals surface area contributed by atoms with Crippen molar-refractivity contribution in [1.29, 1.82) is 0 Å². The lowest BCUT2D eigenvalue weighted by Gasteiger charge is -2.24. The summed E-state index contributed by atoms with van der Waals surface area (Å²) < 4.78 is 13.7. The lowest BCUT2D eigenvalue weighted by molar-refractivity contribution is -0.122. The Labute approximate surface area is 214 Å². The Morgan fingerprint density at radius 2 is 1.97 bits per heavy atom. The molecule has 1 aliphatic carbocycles. The van der Waals surface area contributed by atoms with Crippen LogP contribution in [-0.4, -0.2) is 31.1 Å². The Kier molecular flexibility index (Phi) is 5.10. The molecule has 0 bridgehead atoms. The molecule has 0 radical (unpaired) electrons. The average Bonchev–Trinajstić information content (AvgIpc) is 3.60. The van der Waals surface area contributed by atoms with Crippen molar-refractivity contribution in [2.24, 2.45) is 5.92 Å². The van der Waals surface area contributed by atoms with Gasteiger partial charge in [-0.3, -0.25) is 14.9 Å². The highest BCUT2D eigenvalue weighted by Gasteiger charge is 2.25. The number of hydrogen-bond donors (Lipinski definition) is 3. The molecule has 0 atom stereocenters. The number of carbonyl (C=O) groups excluding carboxylic acids is 1. The fourth-order valence-corrected chi connectivity index (χ4v) is 5.54. The van der Waals surface area contributed by atoms with Crippen LogP contribution in [0.4, 0.5) is 10.1 Å². The quantitative estimate of drug-likeness (QED) is 0.239. The first-order chi connectivity index (χ1) is 18.1. The molecule has 7 rings (SSSR count). The molecule has 1 fully saturated rings. The Bertz CT molecular complexity index is 1800. The minimum Gasteiger partial charge on any atom is -0.353 e. The van der Waals surface area contributed by atoms with Crippen molar-refractivity contribution in [2.75, 3.05) is 5.32 Å². The molecule has 0 spiro atoms. The third-order valence-electron chi connectivity index (χ3n) is 6.94. The molecule has 1 aromatic carbocycles. The molecule has 3 N–H and O–H groups in total. The van der Waals surface area contributed by atoms with Crippen LogP contribution in [0.1, 0.15) is 19.3 Å². The molecule has 5 heterocycles. The van der Waals surface area contributed by atoms with Gasteiger partial charge in [-0.05, 0) is 55.3 Å². The summed E-state index contributed by atoms with van der Waals surface area (Å²) >= 11 is 1.13. The largest absolute Gasteiger partial charge is 0.353 e. The zero-order valence-corrected chi connectivity index (χ0v) is 20.4. The molecule has 1 aliphatic rings. The average molecular weight is 509 g/mol. The van der Waals surface area contributed by atoms with Crippen molar-refractivity contribution in [2.45, 2.75) is 19.3 Å². The number of aromatic nitrogens is 5. The van der Waals surface area contributed by atoms with Crippen LogP contribution in [0.25, 0.3) is 55.0 Å². The number of H-pyrrole nitrogens is 2. The molecular formula is C28H21FN6OS. The molecule has 5 aromatic heterocycles. The fraction of sp³-hybridized carbons (Fsp3) is 0.143. The number of rotatable bonds is 5. The molecule has 37 heavy (non-hydrogen) atoms. The number of anilines is 1. The van der Waals surface area contributed by atoms with Crippen LogP contribution < -0.4 is 5.32 Å². The van der Waals surface area contributed by atoms with Crippen LogP contribution in [0.2, 0.25) is 0 Å². The van der Waals surface area contributed by atoms with Gasteiger partial charge < -0.3 is 10.3 Å². The van der Waals surface area contributed by atoms with Crippen LogP contribution in [0.15, 0.2) is 67.0 Å². The van der Waals surface area contributed by atoms with E-state index in [0.717, 1.165) is 79.9 Å². The minimum atomic E-state index is -0.209. The van der Waals surface area contributed by atoms with Crippen LogP contribution in [0.3, 0.4) is 0 Å². The minimum absolute atomic E-state index is 0.0502. The zero-order valence-electron chi connectivity index (χ0n) is 19.6. The van der Waals surface area contributed by atoms with Gasteiger partial charge in [-0.25, -0.2) is 4.98 Å². The summed E-state index contributed by atoms with van der Waals surface area (Å²) in [7, 11) is 0. The smallest absolute Gasteiger partial charge is 0.227 e. The van der Waals surface area contributed by atoms with Gasteiger partial charge in [0.25, 0.3) is 0 Å². The molecule has 0 unspecified atom stereocenters. The Morgan fingerprint density at radius 1 is 1.05 bits per heavy atom. The van der Waals surface area contributed by atoms with E-state index in [4.69, 9.17) is 4.98 Å². The van der Waals surface area contributed by atoms with Gasteiger partial charge in [0.05, 0.1) is 28.8 Å². The number of amides is 1. The first-order valence-electron chi connectivity index (χ1n) is 12.1. The Balaban J connectivity index is 1.26. The normalized spacial score (nSPS) is 13.8. The number of thiophene rings is 1. The van der Waals surface area contributed by atoms with Crippen molar-refractivity contribution in [3.05, 3.63) is 72.1 Å². The van der Waals surface area contributed by atoms with Gasteiger partial charge in [0.2, 0.25) is 5.91 Å². The number of nitrogens with one attached hydrogen (secondary N) is 3. The second kappa shape index (κ2) is 8.63. The van der Waals surface area contributed by atoms with E-state index in [2.05, 4.69) is 25.5 Å². The van der Waals surface area contributed by atoms with Crippen molar-refractivity contribution >= 4 is 44.9 Å².